The number of benzene rings is 1. The number of hydrogen-bond donors (Lipinski definition) is 0. The number of hydrogen-bond acceptors (Lipinski definition) is 7. The van der Waals surface area contributed by atoms with E-state index in [2.05, 4.69) is 0 Å². The maximum atomic E-state index is 13.1. The minimum absolute atomic E-state index is 0.0652. The summed E-state index contributed by atoms with van der Waals surface area (Å²) in [6.07, 6.45) is -1.93. The first kappa shape index (κ1) is 24.3. The fourth-order valence-electron chi connectivity index (χ4n) is 2.82. The van der Waals surface area contributed by atoms with Gasteiger partial charge in [0, 0.05) is 12.0 Å². The summed E-state index contributed by atoms with van der Waals surface area (Å²) in [4.78, 5) is 13.0. The Labute approximate surface area is 179 Å². The molecule has 2 aromatic heterocycles. The average Bonchev–Trinajstić information content (AvgIpc) is 3.19. The van der Waals surface area contributed by atoms with E-state index in [9.17, 15) is 48.0 Å². The summed E-state index contributed by atoms with van der Waals surface area (Å²) in [6, 6.07) is 7.95. The van der Waals surface area contributed by atoms with Crippen LogP contribution >= 0.6 is 11.3 Å². The van der Waals surface area contributed by atoms with Gasteiger partial charge in [0.2, 0.25) is 0 Å². The molecule has 15 heteroatoms. The number of rotatable bonds is 5. The van der Waals surface area contributed by atoms with Crippen LogP contribution in [0.1, 0.15) is 5.56 Å². The fourth-order valence-corrected chi connectivity index (χ4v) is 6.91. The van der Waals surface area contributed by atoms with E-state index >= 15 is 0 Å². The van der Waals surface area contributed by atoms with E-state index in [-0.39, 0.29) is 15.8 Å². The van der Waals surface area contributed by atoms with Gasteiger partial charge in [-0.05, 0) is 23.6 Å². The van der Waals surface area contributed by atoms with E-state index < -0.39 is 58.4 Å². The van der Waals surface area contributed by atoms with Crippen molar-refractivity contribution in [2.75, 3.05) is 0 Å². The zero-order valence-corrected chi connectivity index (χ0v) is 17.7. The molecule has 0 radical (unpaired) electrons. The van der Waals surface area contributed by atoms with Crippen molar-refractivity contribution in [3.63, 3.8) is 0 Å². The van der Waals surface area contributed by atoms with Crippen LogP contribution in [0.3, 0.4) is 0 Å². The third kappa shape index (κ3) is 4.03. The molecule has 0 atom stereocenters. The molecule has 1 aromatic carbocycles. The molecule has 2 heterocycles. The maximum absolute atomic E-state index is 13.1. The second-order valence-electron chi connectivity index (χ2n) is 6.33. The van der Waals surface area contributed by atoms with Gasteiger partial charge in [-0.25, -0.2) is 16.8 Å². The van der Waals surface area contributed by atoms with Crippen molar-refractivity contribution in [3.05, 3.63) is 57.6 Å². The molecule has 0 bridgehead atoms. The van der Waals surface area contributed by atoms with Crippen molar-refractivity contribution in [2.45, 2.75) is 22.0 Å². The second-order valence-corrected chi connectivity index (χ2v) is 11.8. The Hall–Kier alpha value is -2.39. The zero-order valence-electron chi connectivity index (χ0n) is 15.3. The first-order valence-electron chi connectivity index (χ1n) is 8.28. The number of thiophene rings is 1. The SMILES string of the molecule is O=c1c(CC(S(=O)(=O)C(F)(F)F)S(=O)(=O)C(F)(F)F)c(-c2cccs2)oc2ccccc12. The highest BCUT2D eigenvalue weighted by atomic mass is 32.3. The normalized spacial score (nSPS) is 13.7. The largest absolute Gasteiger partial charge is 0.498 e. The van der Waals surface area contributed by atoms with Gasteiger partial charge in [0.15, 0.2) is 15.8 Å². The summed E-state index contributed by atoms with van der Waals surface area (Å²) in [7, 11) is -13.8. The lowest BCUT2D eigenvalue weighted by atomic mass is 10.1. The fraction of sp³-hybridized carbons (Fsp3) is 0.235. The second kappa shape index (κ2) is 7.88. The van der Waals surface area contributed by atoms with Gasteiger partial charge in [0.25, 0.3) is 19.7 Å². The van der Waals surface area contributed by atoms with Crippen molar-refractivity contribution < 1.29 is 47.6 Å². The Kier molecular flexibility index (Phi) is 5.97. The monoisotopic (exact) mass is 520 g/mol. The molecular formula is C17H10F6O6S3. The lowest BCUT2D eigenvalue weighted by Gasteiger charge is -2.21. The molecule has 0 spiro atoms. The zero-order chi connectivity index (χ0) is 24.1. The topological polar surface area (TPSA) is 98.5 Å². The molecule has 0 aliphatic heterocycles. The Balaban J connectivity index is 2.37. The van der Waals surface area contributed by atoms with Crippen LogP contribution in [0.4, 0.5) is 26.3 Å². The van der Waals surface area contributed by atoms with Gasteiger partial charge in [-0.3, -0.25) is 4.79 Å². The van der Waals surface area contributed by atoms with Crippen molar-refractivity contribution in [3.8, 4) is 10.6 Å². The van der Waals surface area contributed by atoms with Crippen LogP contribution in [0.5, 0.6) is 0 Å². The Morgan fingerprint density at radius 1 is 0.875 bits per heavy atom. The van der Waals surface area contributed by atoms with Crippen LogP contribution in [0.25, 0.3) is 21.6 Å². The molecular weight excluding hydrogens is 510 g/mol. The van der Waals surface area contributed by atoms with Crippen molar-refractivity contribution in [2.24, 2.45) is 0 Å². The third-order valence-electron chi connectivity index (χ3n) is 4.35. The minimum Gasteiger partial charge on any atom is -0.455 e. The van der Waals surface area contributed by atoms with Crippen LogP contribution < -0.4 is 5.43 Å². The first-order valence-corrected chi connectivity index (χ1v) is 12.2. The highest BCUT2D eigenvalue weighted by Crippen LogP contribution is 2.39. The first-order chi connectivity index (χ1) is 14.6. The summed E-state index contributed by atoms with van der Waals surface area (Å²) in [5.74, 6) is -0.525. The minimum atomic E-state index is -6.92. The molecule has 0 aliphatic rings. The smallest absolute Gasteiger partial charge is 0.455 e. The molecule has 0 saturated carbocycles. The number of alkyl halides is 6. The quantitative estimate of drug-likeness (QED) is 0.467. The molecule has 174 valence electrons. The lowest BCUT2D eigenvalue weighted by molar-refractivity contribution is -0.0471. The Morgan fingerprint density at radius 2 is 1.44 bits per heavy atom. The molecule has 0 aliphatic carbocycles. The van der Waals surface area contributed by atoms with E-state index in [1.54, 1.807) is 0 Å². The average molecular weight is 520 g/mol. The summed E-state index contributed by atoms with van der Waals surface area (Å²) in [6.45, 7) is 0. The predicted octanol–water partition coefficient (Wildman–Crippen LogP) is 4.26. The molecule has 32 heavy (non-hydrogen) atoms. The van der Waals surface area contributed by atoms with Crippen LogP contribution in [0.15, 0.2) is 51.0 Å². The molecule has 0 unspecified atom stereocenters. The van der Waals surface area contributed by atoms with Crippen LogP contribution in [0.2, 0.25) is 0 Å². The number of sulfone groups is 2. The van der Waals surface area contributed by atoms with E-state index in [0.29, 0.717) is 0 Å². The van der Waals surface area contributed by atoms with Gasteiger partial charge in [0.1, 0.15) is 5.58 Å². The van der Waals surface area contributed by atoms with E-state index in [1.807, 2.05) is 0 Å². The van der Waals surface area contributed by atoms with Crippen molar-refractivity contribution in [1.29, 1.82) is 0 Å². The lowest BCUT2D eigenvalue weighted by Crippen LogP contribution is -2.46. The van der Waals surface area contributed by atoms with Gasteiger partial charge in [-0.15, -0.1) is 11.3 Å². The molecule has 3 rings (SSSR count). The molecule has 0 saturated heterocycles. The number of halogens is 6. The van der Waals surface area contributed by atoms with Crippen molar-refractivity contribution >= 4 is 42.0 Å². The van der Waals surface area contributed by atoms with E-state index in [4.69, 9.17) is 4.42 Å². The van der Waals surface area contributed by atoms with Gasteiger partial charge in [0.05, 0.1) is 10.3 Å². The highest BCUT2D eigenvalue weighted by molar-refractivity contribution is 8.09. The van der Waals surface area contributed by atoms with E-state index in [1.165, 1.54) is 35.7 Å². The maximum Gasteiger partial charge on any atom is 0.498 e. The third-order valence-corrected chi connectivity index (χ3v) is 9.74. The summed E-state index contributed by atoms with van der Waals surface area (Å²) < 4.78 is 128. The van der Waals surface area contributed by atoms with Crippen LogP contribution in [0, 0.1) is 0 Å². The highest BCUT2D eigenvalue weighted by Gasteiger charge is 2.63. The summed E-state index contributed by atoms with van der Waals surface area (Å²) in [5.41, 5.74) is -14.9. The molecule has 0 amide bonds. The molecule has 0 N–H and O–H groups in total. The molecule has 3 aromatic rings. The number of fused-ring (bicyclic) bond motifs is 1. The van der Waals surface area contributed by atoms with Gasteiger partial charge in [-0.2, -0.15) is 26.3 Å². The van der Waals surface area contributed by atoms with Gasteiger partial charge in [-0.1, -0.05) is 18.2 Å². The van der Waals surface area contributed by atoms with Crippen LogP contribution in [-0.4, -0.2) is 32.4 Å². The van der Waals surface area contributed by atoms with E-state index in [0.717, 1.165) is 17.4 Å². The van der Waals surface area contributed by atoms with Crippen LogP contribution in [-0.2, 0) is 26.1 Å². The summed E-state index contributed by atoms with van der Waals surface area (Å²) in [5, 5.41) is 1.17. The predicted molar refractivity (Wildman–Crippen MR) is 103 cm³/mol. The molecule has 0 fully saturated rings. The molecule has 6 nitrogen and oxygen atoms in total. The van der Waals surface area contributed by atoms with Gasteiger partial charge < -0.3 is 4.42 Å². The number of para-hydroxylation sites is 1. The van der Waals surface area contributed by atoms with Crippen molar-refractivity contribution in [1.82, 2.24) is 0 Å². The Morgan fingerprint density at radius 3 is 1.94 bits per heavy atom. The standard InChI is InChI=1S/C17H10F6O6S3/c18-16(19,20)31(25,26)13(32(27,28)17(21,22)23)8-10-14(24)9-4-1-2-5-11(9)29-15(10)12-6-3-7-30-12/h1-7,13H,8H2. The Bertz CT molecular complexity index is 1370. The van der Waals surface area contributed by atoms with Gasteiger partial charge >= 0.3 is 11.0 Å². The summed E-state index contributed by atoms with van der Waals surface area (Å²) >= 11 is 0.885.